The van der Waals surface area contributed by atoms with Crippen molar-refractivity contribution in [2.45, 2.75) is 12.6 Å². The molecule has 2 aromatic rings. The van der Waals surface area contributed by atoms with Crippen molar-refractivity contribution in [3.05, 3.63) is 52.6 Å². The molecule has 108 valence electrons. The van der Waals surface area contributed by atoms with Crippen LogP contribution in [0.2, 0.25) is 5.02 Å². The minimum absolute atomic E-state index is 0.0941. The number of likely N-dealkylation sites (N-methyl/N-ethyl adjacent to an activating group) is 1. The molecule has 0 fully saturated rings. The summed E-state index contributed by atoms with van der Waals surface area (Å²) in [5.74, 6) is -0.347. The van der Waals surface area contributed by atoms with Gasteiger partial charge in [-0.15, -0.1) is 0 Å². The number of hydrogen-bond acceptors (Lipinski definition) is 3. The molecule has 0 radical (unpaired) electrons. The monoisotopic (exact) mass is 296 g/mol. The molecular weight excluding hydrogens is 279 g/mol. The van der Waals surface area contributed by atoms with Gasteiger partial charge in [-0.2, -0.15) is 5.10 Å². The van der Waals surface area contributed by atoms with Crippen molar-refractivity contribution >= 4 is 11.6 Å². The first-order valence-electron chi connectivity index (χ1n) is 6.33. The second-order valence-electron chi connectivity index (χ2n) is 4.89. The highest BCUT2D eigenvalue weighted by Gasteiger charge is 2.17. The van der Waals surface area contributed by atoms with Crippen molar-refractivity contribution in [2.75, 3.05) is 13.6 Å². The molecular formula is C14H18ClFN4. The van der Waals surface area contributed by atoms with E-state index in [9.17, 15) is 4.39 Å². The van der Waals surface area contributed by atoms with Crippen LogP contribution >= 0.6 is 11.6 Å². The molecule has 2 N–H and O–H groups in total. The molecule has 1 unspecified atom stereocenters. The van der Waals surface area contributed by atoms with Crippen molar-refractivity contribution in [1.82, 2.24) is 14.7 Å². The summed E-state index contributed by atoms with van der Waals surface area (Å²) >= 11 is 5.91. The second-order valence-corrected chi connectivity index (χ2v) is 5.33. The van der Waals surface area contributed by atoms with Crippen LogP contribution in [0.15, 0.2) is 30.6 Å². The quantitative estimate of drug-likeness (QED) is 0.921. The highest BCUT2D eigenvalue weighted by Crippen LogP contribution is 2.24. The summed E-state index contributed by atoms with van der Waals surface area (Å²) in [5, 5.41) is 4.52. The summed E-state index contributed by atoms with van der Waals surface area (Å²) in [6.07, 6.45) is 3.76. The Hall–Kier alpha value is -1.43. The fraction of sp³-hybridized carbons (Fsp3) is 0.357. The first-order chi connectivity index (χ1) is 9.49. The van der Waals surface area contributed by atoms with E-state index in [0.717, 1.165) is 11.1 Å². The third-order valence-corrected chi connectivity index (χ3v) is 3.43. The van der Waals surface area contributed by atoms with E-state index < -0.39 is 0 Å². The van der Waals surface area contributed by atoms with E-state index in [1.54, 1.807) is 10.7 Å². The summed E-state index contributed by atoms with van der Waals surface area (Å²) in [6.45, 7) is 1.07. The molecule has 2 rings (SSSR count). The molecule has 1 aromatic heterocycles. The van der Waals surface area contributed by atoms with Gasteiger partial charge < -0.3 is 5.73 Å². The van der Waals surface area contributed by atoms with Crippen molar-refractivity contribution in [1.29, 1.82) is 0 Å². The Balaban J connectivity index is 2.18. The maximum atomic E-state index is 13.5. The third-order valence-electron chi connectivity index (χ3n) is 3.22. The van der Waals surface area contributed by atoms with Crippen LogP contribution in [0.1, 0.15) is 17.2 Å². The number of hydrogen-bond donors (Lipinski definition) is 1. The summed E-state index contributed by atoms with van der Waals surface area (Å²) in [4.78, 5) is 2.06. The average molecular weight is 297 g/mol. The standard InChI is InChI=1S/C14H18ClFN4/c1-19(8-10-7-18-20(2)9-10)14(6-17)11-3-12(15)5-13(16)4-11/h3-5,7,9,14H,6,8,17H2,1-2H3. The first kappa shape index (κ1) is 15.0. The van der Waals surface area contributed by atoms with Crippen LogP contribution in [0.25, 0.3) is 0 Å². The number of aryl methyl sites for hydroxylation is 1. The Labute approximate surface area is 122 Å². The predicted octanol–water partition coefficient (Wildman–Crippen LogP) is 2.34. The van der Waals surface area contributed by atoms with E-state index in [1.165, 1.54) is 12.1 Å². The molecule has 1 heterocycles. The Bertz CT molecular complexity index is 564. The van der Waals surface area contributed by atoms with Crippen LogP contribution < -0.4 is 5.73 Å². The SMILES string of the molecule is CN(Cc1cnn(C)c1)C(CN)c1cc(F)cc(Cl)c1. The minimum Gasteiger partial charge on any atom is -0.329 e. The number of nitrogens with two attached hydrogens (primary N) is 1. The van der Waals surface area contributed by atoms with Gasteiger partial charge in [-0.25, -0.2) is 4.39 Å². The smallest absolute Gasteiger partial charge is 0.125 e. The number of aromatic nitrogens is 2. The van der Waals surface area contributed by atoms with Crippen LogP contribution in [0.5, 0.6) is 0 Å². The molecule has 0 aliphatic heterocycles. The zero-order valence-corrected chi connectivity index (χ0v) is 12.3. The maximum absolute atomic E-state index is 13.5. The number of benzene rings is 1. The molecule has 0 aliphatic carbocycles. The Morgan fingerprint density at radius 3 is 2.75 bits per heavy atom. The molecule has 20 heavy (non-hydrogen) atoms. The van der Waals surface area contributed by atoms with Gasteiger partial charge in [-0.3, -0.25) is 9.58 Å². The molecule has 4 nitrogen and oxygen atoms in total. The zero-order chi connectivity index (χ0) is 14.7. The van der Waals surface area contributed by atoms with Gasteiger partial charge in [0.05, 0.1) is 6.20 Å². The van der Waals surface area contributed by atoms with Crippen LogP contribution in [0.3, 0.4) is 0 Å². The fourth-order valence-corrected chi connectivity index (χ4v) is 2.52. The normalized spacial score (nSPS) is 12.9. The lowest BCUT2D eigenvalue weighted by atomic mass is 10.1. The second kappa shape index (κ2) is 6.35. The lowest BCUT2D eigenvalue weighted by Crippen LogP contribution is -2.30. The van der Waals surface area contributed by atoms with Crippen molar-refractivity contribution in [2.24, 2.45) is 12.8 Å². The Kier molecular flexibility index (Phi) is 4.75. The summed E-state index contributed by atoms with van der Waals surface area (Å²) < 4.78 is 15.2. The summed E-state index contributed by atoms with van der Waals surface area (Å²) in [6, 6.07) is 4.42. The Morgan fingerprint density at radius 2 is 2.20 bits per heavy atom. The number of rotatable bonds is 5. The maximum Gasteiger partial charge on any atom is 0.125 e. The first-order valence-corrected chi connectivity index (χ1v) is 6.71. The molecule has 0 aliphatic rings. The van der Waals surface area contributed by atoms with E-state index in [0.29, 0.717) is 18.1 Å². The Morgan fingerprint density at radius 1 is 1.45 bits per heavy atom. The van der Waals surface area contributed by atoms with Gasteiger partial charge in [0.15, 0.2) is 0 Å². The molecule has 0 amide bonds. The summed E-state index contributed by atoms with van der Waals surface area (Å²) in [7, 11) is 3.82. The van der Waals surface area contributed by atoms with Crippen molar-refractivity contribution < 1.29 is 4.39 Å². The van der Waals surface area contributed by atoms with Gasteiger partial charge in [-0.05, 0) is 30.8 Å². The van der Waals surface area contributed by atoms with E-state index >= 15 is 0 Å². The molecule has 0 bridgehead atoms. The lowest BCUT2D eigenvalue weighted by Gasteiger charge is -2.27. The van der Waals surface area contributed by atoms with Crippen LogP contribution in [0, 0.1) is 5.82 Å². The van der Waals surface area contributed by atoms with Gasteiger partial charge in [0.1, 0.15) is 5.82 Å². The van der Waals surface area contributed by atoms with Crippen LogP contribution in [-0.2, 0) is 13.6 Å². The predicted molar refractivity (Wildman–Crippen MR) is 77.9 cm³/mol. The lowest BCUT2D eigenvalue weighted by molar-refractivity contribution is 0.241. The van der Waals surface area contributed by atoms with E-state index in [1.807, 2.05) is 26.5 Å². The van der Waals surface area contributed by atoms with Gasteiger partial charge in [0, 0.05) is 43.0 Å². The summed E-state index contributed by atoms with van der Waals surface area (Å²) in [5.41, 5.74) is 7.70. The highest BCUT2D eigenvalue weighted by molar-refractivity contribution is 6.30. The highest BCUT2D eigenvalue weighted by atomic mass is 35.5. The van der Waals surface area contributed by atoms with Gasteiger partial charge in [-0.1, -0.05) is 11.6 Å². The number of halogens is 2. The van der Waals surface area contributed by atoms with E-state index in [2.05, 4.69) is 10.00 Å². The molecule has 0 saturated heterocycles. The zero-order valence-electron chi connectivity index (χ0n) is 11.6. The van der Waals surface area contributed by atoms with E-state index in [4.69, 9.17) is 17.3 Å². The van der Waals surface area contributed by atoms with Crippen molar-refractivity contribution in [3.63, 3.8) is 0 Å². The molecule has 0 saturated carbocycles. The number of nitrogens with zero attached hydrogens (tertiary/aromatic N) is 3. The van der Waals surface area contributed by atoms with Crippen molar-refractivity contribution in [3.8, 4) is 0 Å². The topological polar surface area (TPSA) is 47.1 Å². The third kappa shape index (κ3) is 3.56. The molecule has 0 spiro atoms. The van der Waals surface area contributed by atoms with Crippen LogP contribution in [-0.4, -0.2) is 28.3 Å². The fourth-order valence-electron chi connectivity index (χ4n) is 2.29. The van der Waals surface area contributed by atoms with Gasteiger partial charge in [0.2, 0.25) is 0 Å². The molecule has 6 heteroatoms. The molecule has 1 aromatic carbocycles. The average Bonchev–Trinajstić information content (AvgIpc) is 2.74. The van der Waals surface area contributed by atoms with Crippen LogP contribution in [0.4, 0.5) is 4.39 Å². The van der Waals surface area contributed by atoms with E-state index in [-0.39, 0.29) is 11.9 Å². The van der Waals surface area contributed by atoms with Gasteiger partial charge >= 0.3 is 0 Å². The molecule has 1 atom stereocenters. The minimum atomic E-state index is -0.347. The van der Waals surface area contributed by atoms with Gasteiger partial charge in [0.25, 0.3) is 0 Å². The largest absolute Gasteiger partial charge is 0.329 e.